The highest BCUT2D eigenvalue weighted by Gasteiger charge is 2.28. The van der Waals surface area contributed by atoms with Crippen LogP contribution in [-0.4, -0.2) is 50.6 Å². The number of ether oxygens (including phenoxy) is 1. The molecule has 0 aliphatic carbocycles. The number of morpholine rings is 1. The van der Waals surface area contributed by atoms with Crippen LogP contribution in [-0.2, 0) is 27.7 Å². The van der Waals surface area contributed by atoms with Crippen molar-refractivity contribution in [1.82, 2.24) is 9.29 Å². The Morgan fingerprint density at radius 2 is 1.73 bits per heavy atom. The van der Waals surface area contributed by atoms with E-state index in [9.17, 15) is 17.2 Å². The molecule has 1 saturated heterocycles. The number of H-pyrrole nitrogens is 1. The smallest absolute Gasteiger partial charge is 0.243 e. The van der Waals surface area contributed by atoms with Crippen LogP contribution in [0.4, 0.5) is 14.5 Å². The van der Waals surface area contributed by atoms with Gasteiger partial charge in [-0.1, -0.05) is 6.07 Å². The lowest BCUT2D eigenvalue weighted by molar-refractivity contribution is 0.0730. The van der Waals surface area contributed by atoms with Gasteiger partial charge in [0.25, 0.3) is 0 Å². The van der Waals surface area contributed by atoms with Gasteiger partial charge >= 0.3 is 0 Å². The number of aromatic nitrogens is 1. The number of hydrogen-bond acceptors (Lipinski definition) is 4. The van der Waals surface area contributed by atoms with Gasteiger partial charge in [-0.2, -0.15) is 4.31 Å². The minimum Gasteiger partial charge on any atom is -0.379 e. The van der Waals surface area contributed by atoms with Gasteiger partial charge in [-0.15, -0.1) is 0 Å². The predicted molar refractivity (Wildman–Crippen MR) is 122 cm³/mol. The first-order valence-electron chi connectivity index (χ1n) is 10.9. The Morgan fingerprint density at radius 3 is 2.42 bits per heavy atom. The summed E-state index contributed by atoms with van der Waals surface area (Å²) in [4.78, 5) is 5.63. The second kappa shape index (κ2) is 8.55. The number of halogens is 2. The SMILES string of the molecule is Cc1cc(S(=O)(=O)N2CCOCC2)ccc1N1CCc2[nH]c(-c3c(F)cccc3F)cc2C1. The van der Waals surface area contributed by atoms with Crippen LogP contribution in [0.1, 0.15) is 16.8 Å². The molecule has 174 valence electrons. The summed E-state index contributed by atoms with van der Waals surface area (Å²) >= 11 is 0. The highest BCUT2D eigenvalue weighted by Crippen LogP contribution is 2.33. The van der Waals surface area contributed by atoms with Crippen molar-refractivity contribution in [2.45, 2.75) is 24.8 Å². The molecule has 0 bridgehead atoms. The van der Waals surface area contributed by atoms with Crippen LogP contribution in [0.5, 0.6) is 0 Å². The number of anilines is 1. The van der Waals surface area contributed by atoms with Gasteiger partial charge in [0.05, 0.1) is 29.4 Å². The van der Waals surface area contributed by atoms with E-state index in [1.54, 1.807) is 18.2 Å². The number of fused-ring (bicyclic) bond motifs is 1. The molecule has 3 aromatic rings. The van der Waals surface area contributed by atoms with Crippen LogP contribution in [0, 0.1) is 18.6 Å². The number of rotatable bonds is 4. The topological polar surface area (TPSA) is 65.6 Å². The number of nitrogens with one attached hydrogen (secondary N) is 1. The molecule has 1 N–H and O–H groups in total. The molecule has 2 aromatic carbocycles. The molecule has 2 aliphatic heterocycles. The van der Waals surface area contributed by atoms with Crippen molar-refractivity contribution in [3.05, 3.63) is 70.9 Å². The number of nitrogens with zero attached hydrogens (tertiary/aromatic N) is 2. The summed E-state index contributed by atoms with van der Waals surface area (Å²) in [5, 5.41) is 0. The van der Waals surface area contributed by atoms with Gasteiger partial charge in [0.1, 0.15) is 11.6 Å². The molecule has 0 atom stereocenters. The Kier molecular flexibility index (Phi) is 5.72. The molecule has 1 fully saturated rings. The van der Waals surface area contributed by atoms with Crippen molar-refractivity contribution in [1.29, 1.82) is 0 Å². The number of sulfonamides is 1. The van der Waals surface area contributed by atoms with Gasteiger partial charge in [-0.3, -0.25) is 0 Å². The second-order valence-corrected chi connectivity index (χ2v) is 10.4. The van der Waals surface area contributed by atoms with E-state index >= 15 is 0 Å². The van der Waals surface area contributed by atoms with Gasteiger partial charge in [-0.05, 0) is 54.4 Å². The minimum absolute atomic E-state index is 0.0488. The molecule has 33 heavy (non-hydrogen) atoms. The third kappa shape index (κ3) is 4.05. The Balaban J connectivity index is 1.39. The van der Waals surface area contributed by atoms with Gasteiger partial charge in [0, 0.05) is 44.0 Å². The fourth-order valence-corrected chi connectivity index (χ4v) is 6.10. The summed E-state index contributed by atoms with van der Waals surface area (Å²) < 4.78 is 61.1. The van der Waals surface area contributed by atoms with Gasteiger partial charge in [-0.25, -0.2) is 17.2 Å². The zero-order chi connectivity index (χ0) is 23.2. The molecule has 0 radical (unpaired) electrons. The molecule has 0 amide bonds. The lowest BCUT2D eigenvalue weighted by atomic mass is 10.0. The van der Waals surface area contributed by atoms with Crippen LogP contribution >= 0.6 is 0 Å². The maximum Gasteiger partial charge on any atom is 0.243 e. The fraction of sp³-hybridized carbons (Fsp3) is 0.333. The molecule has 1 aromatic heterocycles. The van der Waals surface area contributed by atoms with E-state index in [1.807, 2.05) is 13.0 Å². The molecule has 0 unspecified atom stereocenters. The lowest BCUT2D eigenvalue weighted by Crippen LogP contribution is -2.40. The van der Waals surface area contributed by atoms with Crippen molar-refractivity contribution in [2.75, 3.05) is 37.7 Å². The van der Waals surface area contributed by atoms with E-state index in [2.05, 4.69) is 9.88 Å². The standard InChI is InChI=1S/C24H25F2N3O3S/c1-16-13-18(33(30,31)29-9-11-32-12-10-29)5-6-23(16)28-8-7-21-17(15-28)14-22(27-21)24-19(25)3-2-4-20(24)26/h2-6,13-14,27H,7-12,15H2,1H3. The van der Waals surface area contributed by atoms with Gasteiger partial charge in [0.15, 0.2) is 0 Å². The largest absolute Gasteiger partial charge is 0.379 e. The summed E-state index contributed by atoms with van der Waals surface area (Å²) in [5.74, 6) is -1.20. The van der Waals surface area contributed by atoms with E-state index in [0.717, 1.165) is 22.5 Å². The first-order chi connectivity index (χ1) is 15.8. The third-order valence-electron chi connectivity index (χ3n) is 6.33. The van der Waals surface area contributed by atoms with E-state index in [0.29, 0.717) is 51.5 Å². The minimum atomic E-state index is -3.56. The Labute approximate surface area is 191 Å². The first-order valence-corrected chi connectivity index (χ1v) is 12.4. The summed E-state index contributed by atoms with van der Waals surface area (Å²) in [6, 6.07) is 10.9. The number of benzene rings is 2. The van der Waals surface area contributed by atoms with Crippen LogP contribution in [0.3, 0.4) is 0 Å². The molecule has 2 aliphatic rings. The average molecular weight is 474 g/mol. The quantitative estimate of drug-likeness (QED) is 0.625. The zero-order valence-electron chi connectivity index (χ0n) is 18.3. The summed E-state index contributed by atoms with van der Waals surface area (Å²) in [5.41, 5.74) is 4.13. The first kappa shape index (κ1) is 22.1. The Bertz CT molecular complexity index is 1280. The molecule has 9 heteroatoms. The average Bonchev–Trinajstić information content (AvgIpc) is 3.22. The fourth-order valence-electron chi connectivity index (χ4n) is 4.61. The monoisotopic (exact) mass is 473 g/mol. The normalized spacial score (nSPS) is 17.2. The number of aromatic amines is 1. The summed E-state index contributed by atoms with van der Waals surface area (Å²) in [6.07, 6.45) is 0.693. The maximum atomic E-state index is 14.2. The third-order valence-corrected chi connectivity index (χ3v) is 8.23. The van der Waals surface area contributed by atoms with Crippen LogP contribution in [0.2, 0.25) is 0 Å². The number of aryl methyl sites for hydroxylation is 1. The maximum absolute atomic E-state index is 14.2. The van der Waals surface area contributed by atoms with Crippen molar-refractivity contribution in [2.24, 2.45) is 0 Å². The predicted octanol–water partition coefficient (Wildman–Crippen LogP) is 3.85. The highest BCUT2D eigenvalue weighted by atomic mass is 32.2. The van der Waals surface area contributed by atoms with E-state index in [1.165, 1.54) is 22.5 Å². The Hall–Kier alpha value is -2.75. The molecular formula is C24H25F2N3O3S. The van der Waals surface area contributed by atoms with Crippen molar-refractivity contribution in [3.63, 3.8) is 0 Å². The second-order valence-electron chi connectivity index (χ2n) is 8.42. The van der Waals surface area contributed by atoms with Gasteiger partial charge in [0.2, 0.25) is 10.0 Å². The zero-order valence-corrected chi connectivity index (χ0v) is 19.1. The summed E-state index contributed by atoms with van der Waals surface area (Å²) in [6.45, 7) is 4.71. The van der Waals surface area contributed by atoms with Crippen LogP contribution < -0.4 is 4.90 Å². The van der Waals surface area contributed by atoms with E-state index < -0.39 is 21.7 Å². The molecule has 0 spiro atoms. The van der Waals surface area contributed by atoms with Crippen molar-refractivity contribution < 1.29 is 21.9 Å². The number of hydrogen-bond donors (Lipinski definition) is 1. The Morgan fingerprint density at radius 1 is 1.00 bits per heavy atom. The molecule has 0 saturated carbocycles. The molecule has 5 rings (SSSR count). The van der Waals surface area contributed by atoms with Crippen LogP contribution in [0.25, 0.3) is 11.3 Å². The lowest BCUT2D eigenvalue weighted by Gasteiger charge is -2.31. The van der Waals surface area contributed by atoms with E-state index in [4.69, 9.17) is 4.74 Å². The van der Waals surface area contributed by atoms with Crippen molar-refractivity contribution >= 4 is 15.7 Å². The van der Waals surface area contributed by atoms with Crippen LogP contribution in [0.15, 0.2) is 47.4 Å². The molecular weight excluding hydrogens is 448 g/mol. The molecule has 6 nitrogen and oxygen atoms in total. The highest BCUT2D eigenvalue weighted by molar-refractivity contribution is 7.89. The van der Waals surface area contributed by atoms with Gasteiger partial charge < -0.3 is 14.6 Å². The summed E-state index contributed by atoms with van der Waals surface area (Å²) in [7, 11) is -3.56. The molecule has 3 heterocycles. The van der Waals surface area contributed by atoms with Crippen molar-refractivity contribution in [3.8, 4) is 11.3 Å². The van der Waals surface area contributed by atoms with E-state index in [-0.39, 0.29) is 10.5 Å².